The molecule has 176 valence electrons. The summed E-state index contributed by atoms with van der Waals surface area (Å²) in [7, 11) is 0. The first kappa shape index (κ1) is 25.7. The van der Waals surface area contributed by atoms with E-state index < -0.39 is 29.9 Å². The highest BCUT2D eigenvalue weighted by Gasteiger charge is 2.31. The lowest BCUT2D eigenvalue weighted by molar-refractivity contribution is -0.157. The van der Waals surface area contributed by atoms with Crippen molar-refractivity contribution in [2.45, 2.75) is 59.5 Å². The molecule has 0 aliphatic heterocycles. The van der Waals surface area contributed by atoms with Gasteiger partial charge in [0.1, 0.15) is 11.5 Å². The lowest BCUT2D eigenvalue weighted by Crippen LogP contribution is -2.27. The molecule has 0 spiro atoms. The summed E-state index contributed by atoms with van der Waals surface area (Å²) < 4.78 is 22.5. The summed E-state index contributed by atoms with van der Waals surface area (Å²) in [5.74, 6) is 0.106. The van der Waals surface area contributed by atoms with Crippen LogP contribution in [0.1, 0.15) is 52.7 Å². The molecule has 0 amide bonds. The molecule has 0 fully saturated rings. The Morgan fingerprint density at radius 2 is 1.06 bits per heavy atom. The van der Waals surface area contributed by atoms with Gasteiger partial charge in [-0.05, 0) is 26.0 Å². The van der Waals surface area contributed by atoms with E-state index in [0.29, 0.717) is 22.6 Å². The van der Waals surface area contributed by atoms with E-state index in [0.717, 1.165) is 11.1 Å². The molecular formula is C27H32O6. The quantitative estimate of drug-likeness (QED) is 0.262. The summed E-state index contributed by atoms with van der Waals surface area (Å²) in [5, 5.41) is 0. The van der Waals surface area contributed by atoms with Gasteiger partial charge in [0.25, 0.3) is 0 Å². The van der Waals surface area contributed by atoms with E-state index in [1.807, 2.05) is 62.4 Å². The molecule has 0 saturated heterocycles. The molecule has 33 heavy (non-hydrogen) atoms. The third-order valence-electron chi connectivity index (χ3n) is 4.95. The van der Waals surface area contributed by atoms with E-state index in [2.05, 4.69) is 13.2 Å². The molecule has 2 aromatic rings. The second-order valence-electron chi connectivity index (χ2n) is 8.36. The normalized spacial score (nSPS) is 12.8. The number of ether oxygens (including phenoxy) is 4. The minimum absolute atomic E-state index is 0.298. The molecule has 0 heterocycles. The lowest BCUT2D eigenvalue weighted by atomic mass is 9.77. The number of esters is 2. The number of hydrogen-bond acceptors (Lipinski definition) is 6. The number of benzene rings is 2. The van der Waals surface area contributed by atoms with Crippen LogP contribution in [0.2, 0.25) is 0 Å². The summed E-state index contributed by atoms with van der Waals surface area (Å²) in [6.45, 7) is 17.7. The van der Waals surface area contributed by atoms with Gasteiger partial charge in [0.15, 0.2) is 0 Å². The maximum absolute atomic E-state index is 11.9. The van der Waals surface area contributed by atoms with Crippen molar-refractivity contribution in [3.8, 4) is 11.5 Å². The van der Waals surface area contributed by atoms with Gasteiger partial charge in [0.05, 0.1) is 0 Å². The van der Waals surface area contributed by atoms with Crippen LogP contribution in [0.5, 0.6) is 11.5 Å². The Hall–Kier alpha value is -3.54. The lowest BCUT2D eigenvalue weighted by Gasteiger charge is -2.31. The predicted octanol–water partition coefficient (Wildman–Crippen LogP) is 5.70. The Labute approximate surface area is 195 Å². The molecule has 0 aliphatic carbocycles. The maximum Gasteiger partial charge on any atom is 0.336 e. The van der Waals surface area contributed by atoms with E-state index in [4.69, 9.17) is 18.9 Å². The van der Waals surface area contributed by atoms with Gasteiger partial charge in [-0.3, -0.25) is 0 Å². The third kappa shape index (κ3) is 6.72. The number of carbonyl (C=O) groups is 2. The molecule has 0 N–H and O–H groups in total. The summed E-state index contributed by atoms with van der Waals surface area (Å²) in [4.78, 5) is 23.7. The molecule has 0 radical (unpaired) electrons. The molecule has 0 aliphatic rings. The van der Waals surface area contributed by atoms with Crippen molar-refractivity contribution in [1.82, 2.24) is 0 Å². The Morgan fingerprint density at radius 1 is 0.727 bits per heavy atom. The zero-order valence-electron chi connectivity index (χ0n) is 20.1. The molecule has 0 aromatic heterocycles. The zero-order valence-corrected chi connectivity index (χ0v) is 20.1. The average molecular weight is 453 g/mol. The standard InChI is InChI=1S/C27H32O6/c1-17(2)25(28)32-19(5)30-23-15-11-9-13-21(23)27(7,8)22-14-10-12-16-24(22)31-20(6)33-26(29)18(3)4/h9-16,19-20H,1,3H2,2,4-8H3. The van der Waals surface area contributed by atoms with Gasteiger partial charge < -0.3 is 18.9 Å². The third-order valence-corrected chi connectivity index (χ3v) is 4.95. The van der Waals surface area contributed by atoms with Crippen LogP contribution >= 0.6 is 0 Å². The van der Waals surface area contributed by atoms with Gasteiger partial charge >= 0.3 is 11.9 Å². The van der Waals surface area contributed by atoms with Gasteiger partial charge in [-0.25, -0.2) is 9.59 Å². The van der Waals surface area contributed by atoms with Crippen LogP contribution in [0.15, 0.2) is 72.8 Å². The molecule has 6 heteroatoms. The second kappa shape index (κ2) is 10.9. The van der Waals surface area contributed by atoms with Crippen LogP contribution in [0.25, 0.3) is 0 Å². The smallest absolute Gasteiger partial charge is 0.336 e. The molecule has 2 aromatic carbocycles. The van der Waals surface area contributed by atoms with Crippen LogP contribution in [0.3, 0.4) is 0 Å². The van der Waals surface area contributed by atoms with E-state index in [9.17, 15) is 9.59 Å². The monoisotopic (exact) mass is 452 g/mol. The van der Waals surface area contributed by atoms with Gasteiger partial charge in [-0.2, -0.15) is 0 Å². The molecule has 0 saturated carbocycles. The first-order chi connectivity index (χ1) is 15.4. The highest BCUT2D eigenvalue weighted by Crippen LogP contribution is 2.41. The minimum Gasteiger partial charge on any atom is -0.455 e. The van der Waals surface area contributed by atoms with Crippen LogP contribution < -0.4 is 9.47 Å². The number of carbonyl (C=O) groups excluding carboxylic acids is 2. The van der Waals surface area contributed by atoms with Gasteiger partial charge in [-0.15, -0.1) is 0 Å². The number of rotatable bonds is 10. The van der Waals surface area contributed by atoms with Crippen LogP contribution in [-0.2, 0) is 24.5 Å². The fourth-order valence-electron chi connectivity index (χ4n) is 3.22. The molecule has 0 bridgehead atoms. The highest BCUT2D eigenvalue weighted by molar-refractivity contribution is 5.87. The van der Waals surface area contributed by atoms with Crippen LogP contribution in [0.4, 0.5) is 0 Å². The van der Waals surface area contributed by atoms with Crippen molar-refractivity contribution < 1.29 is 28.5 Å². The summed E-state index contributed by atoms with van der Waals surface area (Å²) in [6, 6.07) is 15.1. The average Bonchev–Trinajstić information content (AvgIpc) is 2.73. The van der Waals surface area contributed by atoms with Crippen molar-refractivity contribution in [3.05, 3.63) is 84.0 Å². The van der Waals surface area contributed by atoms with E-state index in [1.54, 1.807) is 27.7 Å². The topological polar surface area (TPSA) is 71.1 Å². The Bertz CT molecular complexity index is 955. The number of para-hydroxylation sites is 2. The number of hydrogen-bond donors (Lipinski definition) is 0. The van der Waals surface area contributed by atoms with E-state index >= 15 is 0 Å². The van der Waals surface area contributed by atoms with Gasteiger partial charge in [-0.1, -0.05) is 63.4 Å². The van der Waals surface area contributed by atoms with Crippen LogP contribution in [-0.4, -0.2) is 24.5 Å². The summed E-state index contributed by atoms with van der Waals surface area (Å²) >= 11 is 0. The minimum atomic E-state index is -0.806. The van der Waals surface area contributed by atoms with Crippen molar-refractivity contribution in [2.75, 3.05) is 0 Å². The fourth-order valence-corrected chi connectivity index (χ4v) is 3.22. The fraction of sp³-hybridized carbons (Fsp3) is 0.333. The molecule has 2 rings (SSSR count). The molecule has 6 nitrogen and oxygen atoms in total. The second-order valence-corrected chi connectivity index (χ2v) is 8.36. The van der Waals surface area contributed by atoms with Gasteiger partial charge in [0, 0.05) is 41.5 Å². The Kier molecular flexibility index (Phi) is 8.46. The molecular weight excluding hydrogens is 420 g/mol. The van der Waals surface area contributed by atoms with Gasteiger partial charge in [0.2, 0.25) is 12.6 Å². The van der Waals surface area contributed by atoms with Crippen molar-refractivity contribution >= 4 is 11.9 Å². The molecule has 2 unspecified atom stereocenters. The first-order valence-electron chi connectivity index (χ1n) is 10.7. The highest BCUT2D eigenvalue weighted by atomic mass is 16.7. The zero-order chi connectivity index (χ0) is 24.8. The summed E-state index contributed by atoms with van der Waals surface area (Å²) in [6.07, 6.45) is -1.61. The van der Waals surface area contributed by atoms with Crippen molar-refractivity contribution in [2.24, 2.45) is 0 Å². The predicted molar refractivity (Wildman–Crippen MR) is 127 cm³/mol. The largest absolute Gasteiger partial charge is 0.455 e. The molecule has 2 atom stereocenters. The summed E-state index contributed by atoms with van der Waals surface area (Å²) in [5.41, 5.74) is 1.76. The maximum atomic E-state index is 11.9. The van der Waals surface area contributed by atoms with E-state index in [-0.39, 0.29) is 0 Å². The Balaban J connectivity index is 2.34. The first-order valence-corrected chi connectivity index (χ1v) is 10.7. The van der Waals surface area contributed by atoms with Crippen molar-refractivity contribution in [1.29, 1.82) is 0 Å². The van der Waals surface area contributed by atoms with Crippen LogP contribution in [0, 0.1) is 0 Å². The van der Waals surface area contributed by atoms with E-state index in [1.165, 1.54) is 0 Å². The van der Waals surface area contributed by atoms with Crippen molar-refractivity contribution in [3.63, 3.8) is 0 Å². The Morgan fingerprint density at radius 3 is 1.39 bits per heavy atom. The SMILES string of the molecule is C=C(C)C(=O)OC(C)Oc1ccccc1C(C)(C)c1ccccc1OC(C)OC(=O)C(=C)C.